The Labute approximate surface area is 161 Å². The van der Waals surface area contributed by atoms with Crippen molar-refractivity contribution in [2.45, 2.75) is 59.2 Å². The van der Waals surface area contributed by atoms with Gasteiger partial charge in [0, 0.05) is 13.0 Å². The highest BCUT2D eigenvalue weighted by molar-refractivity contribution is 5.87. The minimum atomic E-state index is -0.515. The van der Waals surface area contributed by atoms with E-state index in [1.54, 1.807) is 17.2 Å². The molecule has 1 heterocycles. The smallest absolute Gasteiger partial charge is 0.243 e. The van der Waals surface area contributed by atoms with E-state index < -0.39 is 6.04 Å². The minimum absolute atomic E-state index is 0.0122. The first-order chi connectivity index (χ1) is 13.0. The van der Waals surface area contributed by atoms with Gasteiger partial charge in [0.25, 0.3) is 0 Å². The van der Waals surface area contributed by atoms with E-state index in [0.717, 1.165) is 12.0 Å². The first-order valence-electron chi connectivity index (χ1n) is 9.64. The van der Waals surface area contributed by atoms with Gasteiger partial charge < -0.3 is 14.6 Å². The maximum atomic E-state index is 12.9. The molecule has 0 saturated heterocycles. The molecule has 2 rings (SSSR count). The summed E-state index contributed by atoms with van der Waals surface area (Å²) >= 11 is 0. The highest BCUT2D eigenvalue weighted by atomic mass is 16.3. The van der Waals surface area contributed by atoms with Crippen molar-refractivity contribution in [2.75, 3.05) is 0 Å². The molecule has 1 N–H and O–H groups in total. The molecule has 5 heteroatoms. The lowest BCUT2D eigenvalue weighted by Crippen LogP contribution is -2.48. The van der Waals surface area contributed by atoms with Crippen LogP contribution >= 0.6 is 0 Å². The van der Waals surface area contributed by atoms with Crippen LogP contribution in [0.1, 0.15) is 51.4 Å². The van der Waals surface area contributed by atoms with Crippen LogP contribution in [0.3, 0.4) is 0 Å². The Kier molecular flexibility index (Phi) is 8.11. The van der Waals surface area contributed by atoms with E-state index in [1.165, 1.54) is 0 Å². The Morgan fingerprint density at radius 1 is 1.11 bits per heavy atom. The molecular weight excluding hydrogens is 340 g/mol. The van der Waals surface area contributed by atoms with Gasteiger partial charge >= 0.3 is 0 Å². The molecule has 0 bridgehead atoms. The lowest BCUT2D eigenvalue weighted by Gasteiger charge is -2.30. The van der Waals surface area contributed by atoms with Crippen LogP contribution in [0.25, 0.3) is 0 Å². The molecule has 2 amide bonds. The van der Waals surface area contributed by atoms with Crippen molar-refractivity contribution in [3.05, 3.63) is 60.1 Å². The van der Waals surface area contributed by atoms with Crippen LogP contribution in [0.2, 0.25) is 0 Å². The highest BCUT2D eigenvalue weighted by Crippen LogP contribution is 2.16. The summed E-state index contributed by atoms with van der Waals surface area (Å²) in [4.78, 5) is 27.3. The van der Waals surface area contributed by atoms with Gasteiger partial charge in [-0.15, -0.1) is 0 Å². The Hall–Kier alpha value is -2.56. The molecule has 5 nitrogen and oxygen atoms in total. The molecule has 1 unspecified atom stereocenters. The Balaban J connectivity index is 2.08. The highest BCUT2D eigenvalue weighted by Gasteiger charge is 2.29. The first kappa shape index (κ1) is 20.7. The largest absolute Gasteiger partial charge is 0.467 e. The molecule has 1 atom stereocenters. The second-order valence-electron chi connectivity index (χ2n) is 7.16. The van der Waals surface area contributed by atoms with Crippen molar-refractivity contribution in [1.82, 2.24) is 10.2 Å². The van der Waals surface area contributed by atoms with Crippen molar-refractivity contribution in [3.63, 3.8) is 0 Å². The Bertz CT molecular complexity index is 696. The predicted octanol–water partition coefficient (Wildman–Crippen LogP) is 4.14. The number of furan rings is 1. The van der Waals surface area contributed by atoms with E-state index in [4.69, 9.17) is 4.42 Å². The van der Waals surface area contributed by atoms with E-state index >= 15 is 0 Å². The average Bonchev–Trinajstić information content (AvgIpc) is 3.18. The first-order valence-corrected chi connectivity index (χ1v) is 9.64. The van der Waals surface area contributed by atoms with Gasteiger partial charge in [-0.05, 0) is 36.5 Å². The molecule has 0 spiro atoms. The lowest BCUT2D eigenvalue weighted by atomic mass is 10.1. The molecule has 0 saturated carbocycles. The number of nitrogens with one attached hydrogen (secondary N) is 1. The van der Waals surface area contributed by atoms with Crippen LogP contribution in [0, 0.1) is 5.92 Å². The van der Waals surface area contributed by atoms with Crippen LogP contribution in [0.4, 0.5) is 0 Å². The fourth-order valence-electron chi connectivity index (χ4n) is 2.95. The molecular formula is C22H30N2O3. The van der Waals surface area contributed by atoms with Crippen molar-refractivity contribution in [2.24, 2.45) is 5.92 Å². The maximum Gasteiger partial charge on any atom is 0.243 e. The van der Waals surface area contributed by atoms with Gasteiger partial charge in [0.15, 0.2) is 0 Å². The molecule has 146 valence electrons. The number of nitrogens with zero attached hydrogens (tertiary/aromatic N) is 1. The number of amides is 2. The van der Waals surface area contributed by atoms with Crippen LogP contribution in [-0.4, -0.2) is 22.8 Å². The van der Waals surface area contributed by atoms with Crippen LogP contribution in [0.5, 0.6) is 0 Å². The maximum absolute atomic E-state index is 12.9. The third-order valence-electron chi connectivity index (χ3n) is 4.54. The zero-order chi connectivity index (χ0) is 19.6. The van der Waals surface area contributed by atoms with E-state index in [0.29, 0.717) is 37.6 Å². The standard InChI is InChI=1S/C22H30N2O3/c1-4-20(22(26)23-15-18-9-6-5-7-10-18)24(16-19-11-8-14-27-19)21(25)13-12-17(2)3/h5-11,14,17,20H,4,12-13,15-16H2,1-3H3,(H,23,26). The number of hydrogen-bond acceptors (Lipinski definition) is 3. The predicted molar refractivity (Wildman–Crippen MR) is 106 cm³/mol. The summed E-state index contributed by atoms with van der Waals surface area (Å²) in [7, 11) is 0. The van der Waals surface area contributed by atoms with Gasteiger partial charge in [0.1, 0.15) is 11.8 Å². The molecule has 0 aliphatic carbocycles. The van der Waals surface area contributed by atoms with Crippen molar-refractivity contribution in [1.29, 1.82) is 0 Å². The summed E-state index contributed by atoms with van der Waals surface area (Å²) in [5.41, 5.74) is 1.03. The number of carbonyl (C=O) groups excluding carboxylic acids is 2. The molecule has 27 heavy (non-hydrogen) atoms. The van der Waals surface area contributed by atoms with Gasteiger partial charge in [0.05, 0.1) is 12.8 Å². The van der Waals surface area contributed by atoms with E-state index in [-0.39, 0.29) is 11.8 Å². The second-order valence-corrected chi connectivity index (χ2v) is 7.16. The van der Waals surface area contributed by atoms with Gasteiger partial charge in [-0.1, -0.05) is 51.1 Å². The third-order valence-corrected chi connectivity index (χ3v) is 4.54. The Morgan fingerprint density at radius 3 is 2.44 bits per heavy atom. The number of carbonyl (C=O) groups is 2. The van der Waals surface area contributed by atoms with Crippen molar-refractivity contribution < 1.29 is 14.0 Å². The zero-order valence-corrected chi connectivity index (χ0v) is 16.5. The van der Waals surface area contributed by atoms with E-state index in [2.05, 4.69) is 19.2 Å². The lowest BCUT2D eigenvalue weighted by molar-refractivity contribution is -0.142. The van der Waals surface area contributed by atoms with Crippen molar-refractivity contribution in [3.8, 4) is 0 Å². The summed E-state index contributed by atoms with van der Waals surface area (Å²) in [5.74, 6) is 0.973. The molecule has 0 radical (unpaired) electrons. The summed E-state index contributed by atoms with van der Waals surface area (Å²) < 4.78 is 5.42. The molecule has 0 aliphatic rings. The van der Waals surface area contributed by atoms with E-state index in [9.17, 15) is 9.59 Å². The summed E-state index contributed by atoms with van der Waals surface area (Å²) in [5, 5.41) is 2.97. The fourth-order valence-corrected chi connectivity index (χ4v) is 2.95. The van der Waals surface area contributed by atoms with Crippen LogP contribution in [-0.2, 0) is 22.7 Å². The minimum Gasteiger partial charge on any atom is -0.467 e. The molecule has 0 aliphatic heterocycles. The van der Waals surface area contributed by atoms with Gasteiger partial charge in [0.2, 0.25) is 11.8 Å². The number of benzene rings is 1. The quantitative estimate of drug-likeness (QED) is 0.684. The molecule has 1 aromatic carbocycles. The Morgan fingerprint density at radius 2 is 1.85 bits per heavy atom. The van der Waals surface area contributed by atoms with Crippen LogP contribution < -0.4 is 5.32 Å². The summed E-state index contributed by atoms with van der Waals surface area (Å²) in [6.45, 7) is 6.87. The topological polar surface area (TPSA) is 62.6 Å². The SMILES string of the molecule is CCC(C(=O)NCc1ccccc1)N(Cc1ccco1)C(=O)CCC(C)C. The molecule has 0 fully saturated rings. The van der Waals surface area contributed by atoms with Gasteiger partial charge in [-0.3, -0.25) is 9.59 Å². The van der Waals surface area contributed by atoms with E-state index in [1.807, 2.05) is 43.3 Å². The summed E-state index contributed by atoms with van der Waals surface area (Å²) in [6, 6.07) is 12.9. The van der Waals surface area contributed by atoms with Gasteiger partial charge in [-0.2, -0.15) is 0 Å². The normalized spacial score (nSPS) is 12.0. The fraction of sp³-hybridized carbons (Fsp3) is 0.455. The number of hydrogen-bond donors (Lipinski definition) is 1. The molecule has 1 aromatic heterocycles. The molecule has 2 aromatic rings. The van der Waals surface area contributed by atoms with Gasteiger partial charge in [-0.25, -0.2) is 0 Å². The van der Waals surface area contributed by atoms with Crippen molar-refractivity contribution >= 4 is 11.8 Å². The summed E-state index contributed by atoms with van der Waals surface area (Å²) in [6.07, 6.45) is 3.37. The average molecular weight is 370 g/mol. The van der Waals surface area contributed by atoms with Crippen LogP contribution in [0.15, 0.2) is 53.1 Å². The second kappa shape index (κ2) is 10.6. The monoisotopic (exact) mass is 370 g/mol. The third kappa shape index (κ3) is 6.59. The number of rotatable bonds is 10. The zero-order valence-electron chi connectivity index (χ0n) is 16.5.